The van der Waals surface area contributed by atoms with Gasteiger partial charge < -0.3 is 14.6 Å². The van der Waals surface area contributed by atoms with Crippen LogP contribution in [0.2, 0.25) is 0 Å². The highest BCUT2D eigenvalue weighted by Crippen LogP contribution is 2.38. The van der Waals surface area contributed by atoms with E-state index in [1.165, 1.54) is 26.4 Å². The summed E-state index contributed by atoms with van der Waals surface area (Å²) in [4.78, 5) is 11.4. The Balaban J connectivity index is 2.68. The second-order valence-corrected chi connectivity index (χ2v) is 6.44. The fourth-order valence-electron chi connectivity index (χ4n) is 2.51. The summed E-state index contributed by atoms with van der Waals surface area (Å²) < 4.78 is 36.4. The highest BCUT2D eigenvalue weighted by Gasteiger charge is 2.41. The summed E-state index contributed by atoms with van der Waals surface area (Å²) in [7, 11) is -1.01. The number of nitrogens with zero attached hydrogens (tertiary/aromatic N) is 1. The second kappa shape index (κ2) is 5.53. The van der Waals surface area contributed by atoms with Gasteiger partial charge >= 0.3 is 5.97 Å². The molecule has 0 aromatic heterocycles. The van der Waals surface area contributed by atoms with Gasteiger partial charge in [-0.1, -0.05) is 6.92 Å². The first-order valence-corrected chi connectivity index (χ1v) is 7.80. The van der Waals surface area contributed by atoms with Gasteiger partial charge in [0.05, 0.1) is 19.1 Å². The Morgan fingerprint density at radius 1 is 1.33 bits per heavy atom. The number of fused-ring (bicyclic) bond motifs is 1. The molecule has 1 atom stereocenters. The maximum atomic E-state index is 12.6. The summed E-state index contributed by atoms with van der Waals surface area (Å²) in [5.41, 5.74) is 0.421. The number of aliphatic carboxylic acids is 1. The minimum absolute atomic E-state index is 0.0690. The first-order chi connectivity index (χ1) is 9.86. The Hall–Kier alpha value is -1.80. The monoisotopic (exact) mass is 315 g/mol. The molecule has 0 spiro atoms. The van der Waals surface area contributed by atoms with E-state index in [1.54, 1.807) is 6.92 Å². The van der Waals surface area contributed by atoms with Crippen LogP contribution in [0.4, 0.5) is 0 Å². The molecule has 1 N–H and O–H groups in total. The van der Waals surface area contributed by atoms with Crippen molar-refractivity contribution in [2.45, 2.75) is 24.3 Å². The lowest BCUT2D eigenvalue weighted by Gasteiger charge is -2.33. The molecule has 1 aliphatic rings. The van der Waals surface area contributed by atoms with Crippen LogP contribution in [0.5, 0.6) is 11.5 Å². The summed E-state index contributed by atoms with van der Waals surface area (Å²) in [5, 5.41) is 9.26. The standard InChI is InChI=1S/C13H17NO6S/c1-4-14-9(13(15)16)5-8-6-10(19-2)11(20-3)7-12(8)21(14,17)18/h6-7,9H,4-5H2,1-3H3,(H,15,16). The molecule has 0 saturated carbocycles. The number of methoxy groups -OCH3 is 2. The van der Waals surface area contributed by atoms with Crippen molar-refractivity contribution in [3.63, 3.8) is 0 Å². The first-order valence-electron chi connectivity index (χ1n) is 6.36. The smallest absolute Gasteiger partial charge is 0.322 e. The SMILES string of the molecule is CCN1C(C(=O)O)Cc2cc(OC)c(OC)cc2S1(=O)=O. The van der Waals surface area contributed by atoms with Crippen molar-refractivity contribution in [2.75, 3.05) is 20.8 Å². The second-order valence-electron chi connectivity index (χ2n) is 4.58. The number of benzene rings is 1. The Kier molecular flexibility index (Phi) is 4.11. The maximum absolute atomic E-state index is 12.6. The van der Waals surface area contributed by atoms with Gasteiger partial charge in [-0.25, -0.2) is 8.42 Å². The fraction of sp³-hybridized carbons (Fsp3) is 0.462. The molecule has 2 rings (SSSR count). The minimum atomic E-state index is -3.87. The predicted octanol–water partition coefficient (Wildman–Crippen LogP) is 0.724. The molecule has 1 heterocycles. The molecule has 1 unspecified atom stereocenters. The average molecular weight is 315 g/mol. The highest BCUT2D eigenvalue weighted by molar-refractivity contribution is 7.89. The summed E-state index contributed by atoms with van der Waals surface area (Å²) in [5.74, 6) is -0.494. The maximum Gasteiger partial charge on any atom is 0.322 e. The number of rotatable bonds is 4. The number of hydrogen-bond acceptors (Lipinski definition) is 5. The van der Waals surface area contributed by atoms with E-state index in [0.29, 0.717) is 17.1 Å². The van der Waals surface area contributed by atoms with Crippen molar-refractivity contribution >= 4 is 16.0 Å². The molecule has 0 bridgehead atoms. The number of hydrogen-bond donors (Lipinski definition) is 1. The van der Waals surface area contributed by atoms with E-state index in [2.05, 4.69) is 0 Å². The van der Waals surface area contributed by atoms with E-state index in [1.807, 2.05) is 0 Å². The van der Waals surface area contributed by atoms with Gasteiger partial charge in [-0.15, -0.1) is 0 Å². The lowest BCUT2D eigenvalue weighted by atomic mass is 10.0. The Morgan fingerprint density at radius 2 is 1.90 bits per heavy atom. The normalized spacial score (nSPS) is 20.6. The van der Waals surface area contributed by atoms with Gasteiger partial charge in [-0.05, 0) is 11.6 Å². The summed E-state index contributed by atoms with van der Waals surface area (Å²) >= 11 is 0. The zero-order valence-corrected chi connectivity index (χ0v) is 12.8. The van der Waals surface area contributed by atoms with E-state index < -0.39 is 22.0 Å². The van der Waals surface area contributed by atoms with Gasteiger partial charge in [-0.2, -0.15) is 4.31 Å². The number of carboxylic acid groups (broad SMARTS) is 1. The molecule has 1 aromatic carbocycles. The van der Waals surface area contributed by atoms with E-state index in [0.717, 1.165) is 4.31 Å². The molecule has 116 valence electrons. The molecule has 0 fully saturated rings. The van der Waals surface area contributed by atoms with E-state index in [9.17, 15) is 18.3 Å². The van der Waals surface area contributed by atoms with Crippen LogP contribution in [-0.4, -0.2) is 50.6 Å². The molecule has 0 amide bonds. The van der Waals surface area contributed by atoms with Crippen molar-refractivity contribution in [1.82, 2.24) is 4.31 Å². The van der Waals surface area contributed by atoms with Gasteiger partial charge in [0.25, 0.3) is 0 Å². The van der Waals surface area contributed by atoms with Crippen LogP contribution in [0.15, 0.2) is 17.0 Å². The largest absolute Gasteiger partial charge is 0.493 e. The van der Waals surface area contributed by atoms with Gasteiger partial charge in [0.2, 0.25) is 10.0 Å². The zero-order chi connectivity index (χ0) is 15.8. The zero-order valence-electron chi connectivity index (χ0n) is 12.0. The first kappa shape index (κ1) is 15.6. The molecule has 21 heavy (non-hydrogen) atoms. The van der Waals surface area contributed by atoms with Gasteiger partial charge in [0.1, 0.15) is 6.04 Å². The van der Waals surface area contributed by atoms with E-state index >= 15 is 0 Å². The van der Waals surface area contributed by atoms with Crippen LogP contribution in [-0.2, 0) is 21.2 Å². The molecule has 1 aromatic rings. The topological polar surface area (TPSA) is 93.1 Å². The number of sulfonamides is 1. The Labute approximate surface area is 123 Å². The molecule has 8 heteroatoms. The third kappa shape index (κ3) is 2.44. The van der Waals surface area contributed by atoms with Crippen molar-refractivity contribution in [3.05, 3.63) is 17.7 Å². The van der Waals surface area contributed by atoms with E-state index in [4.69, 9.17) is 9.47 Å². The molecule has 0 aliphatic carbocycles. The third-order valence-electron chi connectivity index (χ3n) is 3.51. The molecule has 1 aliphatic heterocycles. The molecular formula is C13H17NO6S. The molecule has 0 saturated heterocycles. The van der Waals surface area contributed by atoms with Crippen molar-refractivity contribution < 1.29 is 27.8 Å². The van der Waals surface area contributed by atoms with Crippen LogP contribution in [0, 0.1) is 0 Å². The minimum Gasteiger partial charge on any atom is -0.493 e. The fourth-order valence-corrected chi connectivity index (χ4v) is 4.33. The quantitative estimate of drug-likeness (QED) is 0.880. The number of carbonyl (C=O) groups is 1. The molecule has 0 radical (unpaired) electrons. The highest BCUT2D eigenvalue weighted by atomic mass is 32.2. The molecule has 7 nitrogen and oxygen atoms in total. The van der Waals surface area contributed by atoms with Crippen LogP contribution in [0.1, 0.15) is 12.5 Å². The lowest BCUT2D eigenvalue weighted by molar-refractivity contribution is -0.141. The lowest BCUT2D eigenvalue weighted by Crippen LogP contribution is -2.49. The Bertz CT molecular complexity index is 669. The van der Waals surface area contributed by atoms with Crippen LogP contribution >= 0.6 is 0 Å². The van der Waals surface area contributed by atoms with Gasteiger partial charge in [-0.3, -0.25) is 4.79 Å². The number of ether oxygens (including phenoxy) is 2. The third-order valence-corrected chi connectivity index (χ3v) is 5.58. The van der Waals surface area contributed by atoms with Crippen LogP contribution in [0.25, 0.3) is 0 Å². The van der Waals surface area contributed by atoms with Gasteiger partial charge in [0.15, 0.2) is 11.5 Å². The summed E-state index contributed by atoms with van der Waals surface area (Å²) in [6.07, 6.45) is 0.0953. The molecular weight excluding hydrogens is 298 g/mol. The van der Waals surface area contributed by atoms with Crippen molar-refractivity contribution in [2.24, 2.45) is 0 Å². The number of likely N-dealkylation sites (N-methyl/N-ethyl adjacent to an activating group) is 1. The van der Waals surface area contributed by atoms with E-state index in [-0.39, 0.29) is 17.9 Å². The van der Waals surface area contributed by atoms with Gasteiger partial charge in [0, 0.05) is 19.0 Å². The predicted molar refractivity (Wildman–Crippen MR) is 74.2 cm³/mol. The van der Waals surface area contributed by atoms with Crippen molar-refractivity contribution in [1.29, 1.82) is 0 Å². The number of carboxylic acids is 1. The Morgan fingerprint density at radius 3 is 2.38 bits per heavy atom. The van der Waals surface area contributed by atoms with Crippen LogP contribution < -0.4 is 9.47 Å². The summed E-state index contributed by atoms with van der Waals surface area (Å²) in [6.45, 7) is 1.70. The van der Waals surface area contributed by atoms with Crippen LogP contribution in [0.3, 0.4) is 0 Å². The average Bonchev–Trinajstić information content (AvgIpc) is 2.45. The summed E-state index contributed by atoms with van der Waals surface area (Å²) in [6, 6.07) is 1.80. The van der Waals surface area contributed by atoms with Crippen molar-refractivity contribution in [3.8, 4) is 11.5 Å².